The Kier molecular flexibility index (Phi) is 2.89. The van der Waals surface area contributed by atoms with E-state index in [1.165, 1.54) is 12.1 Å². The molecule has 0 spiro atoms. The number of rotatable bonds is 2. The van der Waals surface area contributed by atoms with Crippen molar-refractivity contribution >= 4 is 6.09 Å². The number of cyclic esters (lactones) is 1. The van der Waals surface area contributed by atoms with Crippen molar-refractivity contribution in [3.63, 3.8) is 0 Å². The maximum absolute atomic E-state index is 13.0. The van der Waals surface area contributed by atoms with E-state index in [4.69, 9.17) is 4.74 Å². The Morgan fingerprint density at radius 2 is 2.05 bits per heavy atom. The summed E-state index contributed by atoms with van der Waals surface area (Å²) >= 11 is 0. The highest BCUT2D eigenvalue weighted by atomic mass is 19.1. The maximum atomic E-state index is 13.0. The van der Waals surface area contributed by atoms with Gasteiger partial charge in [0, 0.05) is 12.4 Å². The molecule has 1 fully saturated rings. The molecule has 1 amide bonds. The fourth-order valence-corrected chi connectivity index (χ4v) is 2.46. The largest absolute Gasteiger partial charge is 0.438 e. The maximum Gasteiger partial charge on any atom is 0.408 e. The van der Waals surface area contributed by atoms with E-state index < -0.39 is 17.7 Å². The lowest BCUT2D eigenvalue weighted by Gasteiger charge is -2.28. The molecule has 1 aliphatic rings. The monoisotopic (exact) mass is 272 g/mol. The van der Waals surface area contributed by atoms with E-state index in [0.29, 0.717) is 0 Å². The van der Waals surface area contributed by atoms with Gasteiger partial charge in [0.25, 0.3) is 0 Å². The molecule has 5 heteroatoms. The average Bonchev–Trinajstić information content (AvgIpc) is 2.77. The molecule has 1 aromatic carbocycles. The van der Waals surface area contributed by atoms with Crippen molar-refractivity contribution in [2.75, 3.05) is 0 Å². The third-order valence-electron chi connectivity index (χ3n) is 3.54. The van der Waals surface area contributed by atoms with Crippen LogP contribution in [0.15, 0.2) is 48.8 Å². The van der Waals surface area contributed by atoms with Gasteiger partial charge in [-0.2, -0.15) is 0 Å². The lowest BCUT2D eigenvalue weighted by molar-refractivity contribution is 0.112. The Hall–Kier alpha value is -2.43. The van der Waals surface area contributed by atoms with Gasteiger partial charge in [0.1, 0.15) is 11.4 Å². The second-order valence-corrected chi connectivity index (χ2v) is 4.91. The van der Waals surface area contributed by atoms with E-state index in [-0.39, 0.29) is 5.82 Å². The quantitative estimate of drug-likeness (QED) is 0.914. The number of carbonyl (C=O) groups is 1. The SMILES string of the molecule is C[C@@]1(c2cccnc2)NC(=O)O[C@H]1c1ccc(F)cc1. The molecule has 1 aromatic heterocycles. The van der Waals surface area contributed by atoms with Gasteiger partial charge in [0.05, 0.1) is 0 Å². The highest BCUT2D eigenvalue weighted by Crippen LogP contribution is 2.41. The Labute approximate surface area is 115 Å². The van der Waals surface area contributed by atoms with Crippen LogP contribution in [0, 0.1) is 5.82 Å². The third-order valence-corrected chi connectivity index (χ3v) is 3.54. The van der Waals surface area contributed by atoms with Crippen molar-refractivity contribution in [3.05, 3.63) is 65.7 Å². The molecule has 4 nitrogen and oxygen atoms in total. The van der Waals surface area contributed by atoms with Crippen LogP contribution in [0.5, 0.6) is 0 Å². The molecule has 0 saturated carbocycles. The second kappa shape index (κ2) is 4.59. The van der Waals surface area contributed by atoms with Crippen molar-refractivity contribution < 1.29 is 13.9 Å². The van der Waals surface area contributed by atoms with Gasteiger partial charge in [-0.1, -0.05) is 18.2 Å². The van der Waals surface area contributed by atoms with Crippen molar-refractivity contribution in [2.24, 2.45) is 0 Å². The molecule has 0 unspecified atom stereocenters. The molecule has 0 bridgehead atoms. The van der Waals surface area contributed by atoms with E-state index in [0.717, 1.165) is 11.1 Å². The first kappa shape index (κ1) is 12.6. The molecular weight excluding hydrogens is 259 g/mol. The zero-order valence-electron chi connectivity index (χ0n) is 10.8. The molecule has 2 aromatic rings. The first-order valence-corrected chi connectivity index (χ1v) is 6.24. The number of amides is 1. The lowest BCUT2D eigenvalue weighted by Crippen LogP contribution is -2.38. The number of benzene rings is 1. The van der Waals surface area contributed by atoms with Gasteiger partial charge in [0.15, 0.2) is 6.10 Å². The first-order chi connectivity index (χ1) is 9.59. The summed E-state index contributed by atoms with van der Waals surface area (Å²) in [6.45, 7) is 1.86. The molecule has 20 heavy (non-hydrogen) atoms. The minimum absolute atomic E-state index is 0.325. The highest BCUT2D eigenvalue weighted by Gasteiger charge is 2.47. The normalized spacial score (nSPS) is 25.1. The fourth-order valence-electron chi connectivity index (χ4n) is 2.46. The van der Waals surface area contributed by atoms with Crippen molar-refractivity contribution in [1.29, 1.82) is 0 Å². The van der Waals surface area contributed by atoms with E-state index >= 15 is 0 Å². The Morgan fingerprint density at radius 3 is 2.70 bits per heavy atom. The number of hydrogen-bond acceptors (Lipinski definition) is 3. The van der Waals surface area contributed by atoms with Crippen LogP contribution in [0.2, 0.25) is 0 Å². The summed E-state index contributed by atoms with van der Waals surface area (Å²) in [5.41, 5.74) is 0.833. The van der Waals surface area contributed by atoms with Crippen molar-refractivity contribution in [3.8, 4) is 0 Å². The molecule has 0 radical (unpaired) electrons. The Balaban J connectivity index is 2.04. The topological polar surface area (TPSA) is 51.2 Å². The number of ether oxygens (including phenoxy) is 1. The van der Waals surface area contributed by atoms with Gasteiger partial charge in [-0.3, -0.25) is 4.98 Å². The first-order valence-electron chi connectivity index (χ1n) is 6.24. The number of nitrogens with zero attached hydrogens (tertiary/aromatic N) is 1. The zero-order chi connectivity index (χ0) is 14.2. The number of aromatic nitrogens is 1. The summed E-state index contributed by atoms with van der Waals surface area (Å²) in [5.74, 6) is -0.325. The molecule has 2 atom stereocenters. The third kappa shape index (κ3) is 2.01. The fraction of sp³-hybridized carbons (Fsp3) is 0.200. The summed E-state index contributed by atoms with van der Waals surface area (Å²) in [6.07, 6.45) is 2.33. The number of pyridine rings is 1. The second-order valence-electron chi connectivity index (χ2n) is 4.91. The van der Waals surface area contributed by atoms with E-state index in [9.17, 15) is 9.18 Å². The minimum Gasteiger partial charge on any atom is -0.438 e. The van der Waals surface area contributed by atoms with Gasteiger partial charge in [-0.15, -0.1) is 0 Å². The summed E-state index contributed by atoms with van der Waals surface area (Å²) in [4.78, 5) is 15.7. The van der Waals surface area contributed by atoms with Crippen LogP contribution in [0.25, 0.3) is 0 Å². The molecule has 1 saturated heterocycles. The van der Waals surface area contributed by atoms with Crippen LogP contribution >= 0.6 is 0 Å². The van der Waals surface area contributed by atoms with Crippen LogP contribution < -0.4 is 5.32 Å². The number of halogens is 1. The summed E-state index contributed by atoms with van der Waals surface area (Å²) in [5, 5.41) is 2.81. The van der Waals surface area contributed by atoms with Crippen LogP contribution in [0.4, 0.5) is 9.18 Å². The van der Waals surface area contributed by atoms with Gasteiger partial charge in [-0.05, 0) is 36.2 Å². The number of alkyl carbamates (subject to hydrolysis) is 1. The predicted molar refractivity (Wildman–Crippen MR) is 70.3 cm³/mol. The van der Waals surface area contributed by atoms with E-state index in [2.05, 4.69) is 10.3 Å². The standard InChI is InChI=1S/C15H13FN2O2/c1-15(11-3-2-8-17-9-11)13(20-14(19)18-15)10-4-6-12(16)7-5-10/h2-9,13H,1H3,(H,18,19)/t13-,15-/m0/s1. The number of hydrogen-bond donors (Lipinski definition) is 1. The molecule has 102 valence electrons. The smallest absolute Gasteiger partial charge is 0.408 e. The van der Waals surface area contributed by atoms with Crippen molar-refractivity contribution in [1.82, 2.24) is 10.3 Å². The molecule has 1 N–H and O–H groups in total. The highest BCUT2D eigenvalue weighted by molar-refractivity contribution is 5.72. The summed E-state index contributed by atoms with van der Waals surface area (Å²) < 4.78 is 18.4. The molecular formula is C15H13FN2O2. The minimum atomic E-state index is -0.733. The predicted octanol–water partition coefficient (Wildman–Crippen LogP) is 2.92. The van der Waals surface area contributed by atoms with E-state index in [1.807, 2.05) is 13.0 Å². The van der Waals surface area contributed by atoms with E-state index in [1.54, 1.807) is 30.6 Å². The average molecular weight is 272 g/mol. The van der Waals surface area contributed by atoms with Gasteiger partial charge in [-0.25, -0.2) is 9.18 Å². The molecule has 1 aliphatic heterocycles. The Morgan fingerprint density at radius 1 is 1.30 bits per heavy atom. The van der Waals surface area contributed by atoms with Gasteiger partial charge >= 0.3 is 6.09 Å². The number of nitrogens with one attached hydrogen (secondary N) is 1. The van der Waals surface area contributed by atoms with Crippen LogP contribution in [0.1, 0.15) is 24.2 Å². The van der Waals surface area contributed by atoms with Gasteiger partial charge < -0.3 is 10.1 Å². The van der Waals surface area contributed by atoms with Crippen LogP contribution in [0.3, 0.4) is 0 Å². The van der Waals surface area contributed by atoms with Crippen molar-refractivity contribution in [2.45, 2.75) is 18.6 Å². The van der Waals surface area contributed by atoms with Gasteiger partial charge in [0.2, 0.25) is 0 Å². The summed E-state index contributed by atoms with van der Waals surface area (Å²) in [6, 6.07) is 9.62. The molecule has 0 aliphatic carbocycles. The Bertz CT molecular complexity index is 630. The molecule has 2 heterocycles. The van der Waals surface area contributed by atoms with Crippen LogP contribution in [-0.4, -0.2) is 11.1 Å². The zero-order valence-corrected chi connectivity index (χ0v) is 10.8. The number of carbonyl (C=O) groups excluding carboxylic acids is 1. The summed E-state index contributed by atoms with van der Waals surface area (Å²) in [7, 11) is 0. The molecule has 3 rings (SSSR count). The lowest BCUT2D eigenvalue weighted by atomic mass is 9.84. The van der Waals surface area contributed by atoms with Crippen LogP contribution in [-0.2, 0) is 10.3 Å².